The molecular weight excluding hydrogens is 361 g/mol. The van der Waals surface area contributed by atoms with Crippen molar-refractivity contribution in [1.82, 2.24) is 10.3 Å². The van der Waals surface area contributed by atoms with Gasteiger partial charge in [-0.2, -0.15) is 5.26 Å². The van der Waals surface area contributed by atoms with E-state index >= 15 is 0 Å². The molecule has 0 saturated carbocycles. The Morgan fingerprint density at radius 2 is 1.87 bits per heavy atom. The van der Waals surface area contributed by atoms with E-state index in [4.69, 9.17) is 28.5 Å². The molecule has 2 aromatic carbocycles. The number of hydrogen-bond acceptors (Lipinski definition) is 4. The lowest BCUT2D eigenvalue weighted by atomic mass is 10.2. The molecule has 118 valence electrons. The van der Waals surface area contributed by atoms with Gasteiger partial charge in [0.1, 0.15) is 0 Å². The zero-order valence-corrected chi connectivity index (χ0v) is 13.7. The van der Waals surface area contributed by atoms with Crippen LogP contribution in [0.5, 0.6) is 0 Å². The lowest BCUT2D eigenvalue weighted by molar-refractivity contribution is 0.0945. The first-order chi connectivity index (χ1) is 10.8. The molecule has 6 nitrogen and oxygen atoms in total. The van der Waals surface area contributed by atoms with E-state index in [0.29, 0.717) is 0 Å². The van der Waals surface area contributed by atoms with Gasteiger partial charge in [-0.15, -0.1) is 4.83 Å². The van der Waals surface area contributed by atoms with Crippen LogP contribution in [0, 0.1) is 11.3 Å². The number of benzene rings is 2. The molecule has 0 aliphatic carbocycles. The molecule has 0 fully saturated rings. The van der Waals surface area contributed by atoms with Crippen LogP contribution < -0.4 is 10.3 Å². The van der Waals surface area contributed by atoms with E-state index in [0.717, 1.165) is 0 Å². The minimum Gasteiger partial charge on any atom is -0.273 e. The number of halogens is 2. The molecule has 0 heterocycles. The van der Waals surface area contributed by atoms with E-state index in [-0.39, 0.29) is 26.1 Å². The first kappa shape index (κ1) is 17.2. The van der Waals surface area contributed by atoms with Crippen molar-refractivity contribution in [2.45, 2.75) is 4.90 Å². The van der Waals surface area contributed by atoms with E-state index in [1.54, 1.807) is 0 Å². The third kappa shape index (κ3) is 4.21. The van der Waals surface area contributed by atoms with Crippen molar-refractivity contribution in [2.75, 3.05) is 0 Å². The topological polar surface area (TPSA) is 99.1 Å². The number of amides is 1. The number of carbonyl (C=O) groups excluding carboxylic acids is 1. The Balaban J connectivity index is 2.17. The van der Waals surface area contributed by atoms with Crippen molar-refractivity contribution >= 4 is 39.1 Å². The van der Waals surface area contributed by atoms with Crippen LogP contribution in [0.15, 0.2) is 47.4 Å². The number of nitrogens with one attached hydrogen (secondary N) is 2. The van der Waals surface area contributed by atoms with Gasteiger partial charge in [0.15, 0.2) is 0 Å². The standard InChI is InChI=1S/C14H9Cl2N3O3S/c15-10-4-5-13(16)12(7-10)14(20)18-19-23(21,22)11-3-1-2-9(6-11)8-17/h1-7,19H,(H,18,20). The Morgan fingerprint density at radius 3 is 2.57 bits per heavy atom. The van der Waals surface area contributed by atoms with Crippen LogP contribution in [0.3, 0.4) is 0 Å². The maximum atomic E-state index is 12.1. The monoisotopic (exact) mass is 369 g/mol. The van der Waals surface area contributed by atoms with E-state index in [9.17, 15) is 13.2 Å². The maximum absolute atomic E-state index is 12.1. The fourth-order valence-electron chi connectivity index (χ4n) is 1.64. The third-order valence-electron chi connectivity index (χ3n) is 2.75. The summed E-state index contributed by atoms with van der Waals surface area (Å²) in [5, 5.41) is 9.19. The zero-order valence-electron chi connectivity index (χ0n) is 11.4. The van der Waals surface area contributed by atoms with E-state index < -0.39 is 15.9 Å². The number of nitriles is 1. The summed E-state index contributed by atoms with van der Waals surface area (Å²) in [6.07, 6.45) is 0. The first-order valence-electron chi connectivity index (χ1n) is 6.11. The number of rotatable bonds is 4. The van der Waals surface area contributed by atoms with Crippen LogP contribution in [0.25, 0.3) is 0 Å². The summed E-state index contributed by atoms with van der Waals surface area (Å²) in [5.41, 5.74) is 2.24. The molecule has 9 heteroatoms. The average molecular weight is 370 g/mol. The van der Waals surface area contributed by atoms with Crippen molar-refractivity contribution in [3.8, 4) is 6.07 Å². The Kier molecular flexibility index (Phi) is 5.23. The molecule has 2 N–H and O–H groups in total. The summed E-state index contributed by atoms with van der Waals surface area (Å²) in [4.78, 5) is 13.8. The van der Waals surface area contributed by atoms with Crippen LogP contribution >= 0.6 is 23.2 Å². The summed E-state index contributed by atoms with van der Waals surface area (Å²) in [6, 6.07) is 11.4. The SMILES string of the molecule is N#Cc1cccc(S(=O)(=O)NNC(=O)c2cc(Cl)ccc2Cl)c1. The number of hydrazine groups is 1. The molecule has 0 aromatic heterocycles. The highest BCUT2D eigenvalue weighted by atomic mass is 35.5. The van der Waals surface area contributed by atoms with Crippen molar-refractivity contribution in [3.05, 3.63) is 63.6 Å². The summed E-state index contributed by atoms with van der Waals surface area (Å²) >= 11 is 11.6. The highest BCUT2D eigenvalue weighted by molar-refractivity contribution is 7.89. The number of nitrogens with zero attached hydrogens (tertiary/aromatic N) is 1. The minimum atomic E-state index is -4.03. The van der Waals surface area contributed by atoms with Gasteiger partial charge in [0.2, 0.25) is 0 Å². The van der Waals surface area contributed by atoms with Gasteiger partial charge < -0.3 is 0 Å². The molecule has 23 heavy (non-hydrogen) atoms. The van der Waals surface area contributed by atoms with E-state index in [1.165, 1.54) is 42.5 Å². The van der Waals surface area contributed by atoms with Crippen molar-refractivity contribution < 1.29 is 13.2 Å². The number of sulfonamides is 1. The third-order valence-corrected chi connectivity index (χ3v) is 4.56. The summed E-state index contributed by atoms with van der Waals surface area (Å²) in [6.45, 7) is 0. The van der Waals surface area contributed by atoms with Gasteiger partial charge in [-0.05, 0) is 36.4 Å². The van der Waals surface area contributed by atoms with Gasteiger partial charge in [0, 0.05) is 5.02 Å². The molecule has 0 aliphatic heterocycles. The molecule has 0 saturated heterocycles. The molecule has 0 bridgehead atoms. The predicted octanol–water partition coefficient (Wildman–Crippen LogP) is 2.49. The lowest BCUT2D eigenvalue weighted by Gasteiger charge is -2.09. The fraction of sp³-hybridized carbons (Fsp3) is 0. The Hall–Kier alpha value is -2.11. The average Bonchev–Trinajstić information content (AvgIpc) is 2.55. The Morgan fingerprint density at radius 1 is 1.13 bits per heavy atom. The number of carbonyl (C=O) groups is 1. The van der Waals surface area contributed by atoms with Crippen molar-refractivity contribution in [1.29, 1.82) is 5.26 Å². The minimum absolute atomic E-state index is 0.0210. The predicted molar refractivity (Wildman–Crippen MR) is 85.4 cm³/mol. The van der Waals surface area contributed by atoms with Gasteiger partial charge in [0.05, 0.1) is 27.1 Å². The molecule has 0 aliphatic rings. The molecule has 0 radical (unpaired) electrons. The van der Waals surface area contributed by atoms with E-state index in [1.807, 2.05) is 16.3 Å². The van der Waals surface area contributed by atoms with Gasteiger partial charge in [0.25, 0.3) is 15.9 Å². The van der Waals surface area contributed by atoms with Crippen LogP contribution in [0.2, 0.25) is 10.0 Å². The fourth-order valence-corrected chi connectivity index (χ4v) is 2.90. The zero-order chi connectivity index (χ0) is 17.0. The first-order valence-corrected chi connectivity index (χ1v) is 8.35. The van der Waals surface area contributed by atoms with Gasteiger partial charge in [-0.1, -0.05) is 29.3 Å². The highest BCUT2D eigenvalue weighted by Crippen LogP contribution is 2.20. The van der Waals surface area contributed by atoms with Crippen LogP contribution in [0.1, 0.15) is 15.9 Å². The summed E-state index contributed by atoms with van der Waals surface area (Å²) in [5.74, 6) is -0.766. The smallest absolute Gasteiger partial charge is 0.267 e. The Labute approximate surface area is 142 Å². The lowest BCUT2D eigenvalue weighted by Crippen LogP contribution is -2.41. The molecule has 0 spiro atoms. The highest BCUT2D eigenvalue weighted by Gasteiger charge is 2.17. The summed E-state index contributed by atoms with van der Waals surface area (Å²) < 4.78 is 24.2. The largest absolute Gasteiger partial charge is 0.273 e. The van der Waals surface area contributed by atoms with Gasteiger partial charge in [-0.25, -0.2) is 8.42 Å². The van der Waals surface area contributed by atoms with Crippen LogP contribution in [-0.4, -0.2) is 14.3 Å². The van der Waals surface area contributed by atoms with Crippen LogP contribution in [-0.2, 0) is 10.0 Å². The van der Waals surface area contributed by atoms with Crippen molar-refractivity contribution in [3.63, 3.8) is 0 Å². The van der Waals surface area contributed by atoms with Gasteiger partial charge in [-0.3, -0.25) is 10.2 Å². The summed E-state index contributed by atoms with van der Waals surface area (Å²) in [7, 11) is -4.03. The molecule has 0 atom stereocenters. The second kappa shape index (κ2) is 6.98. The number of hydrogen-bond donors (Lipinski definition) is 2. The molecule has 0 unspecified atom stereocenters. The van der Waals surface area contributed by atoms with E-state index in [2.05, 4.69) is 0 Å². The Bertz CT molecular complexity index is 908. The quantitative estimate of drug-likeness (QED) is 0.808. The second-order valence-electron chi connectivity index (χ2n) is 4.32. The molecule has 2 aromatic rings. The molecular formula is C14H9Cl2N3O3S. The van der Waals surface area contributed by atoms with Gasteiger partial charge >= 0.3 is 0 Å². The van der Waals surface area contributed by atoms with Crippen LogP contribution in [0.4, 0.5) is 0 Å². The van der Waals surface area contributed by atoms with Crippen molar-refractivity contribution in [2.24, 2.45) is 0 Å². The molecule has 2 rings (SSSR count). The molecule has 1 amide bonds. The second-order valence-corrected chi connectivity index (χ2v) is 6.85. The maximum Gasteiger partial charge on any atom is 0.267 e. The normalized spacial score (nSPS) is 10.8.